The van der Waals surface area contributed by atoms with E-state index in [1.165, 1.54) is 7.11 Å². The molecule has 1 aliphatic rings. The van der Waals surface area contributed by atoms with E-state index >= 15 is 0 Å². The molecule has 0 spiro atoms. The summed E-state index contributed by atoms with van der Waals surface area (Å²) >= 11 is 6.06. The van der Waals surface area contributed by atoms with Gasteiger partial charge in [0.2, 0.25) is 5.88 Å². The molecular formula is C17H18ClN5O3. The molecule has 2 heterocycles. The van der Waals surface area contributed by atoms with Crippen molar-refractivity contribution in [3.63, 3.8) is 0 Å². The number of hydrogen-bond acceptors (Lipinski definition) is 6. The number of hydrogen-bond donors (Lipinski definition) is 0. The third-order valence-electron chi connectivity index (χ3n) is 4.56. The van der Waals surface area contributed by atoms with Crippen LogP contribution in [-0.2, 0) is 15.1 Å². The minimum Gasteiger partial charge on any atom is -0.474 e. The highest BCUT2D eigenvalue weighted by atomic mass is 35.5. The fourth-order valence-corrected chi connectivity index (χ4v) is 3.17. The van der Waals surface area contributed by atoms with Gasteiger partial charge in [-0.05, 0) is 35.4 Å². The molecule has 1 saturated carbocycles. The molecule has 2 aromatic rings. The van der Waals surface area contributed by atoms with Gasteiger partial charge in [-0.15, -0.1) is 0 Å². The number of methoxy groups -OCH3 is 1. The van der Waals surface area contributed by atoms with E-state index in [-0.39, 0.29) is 18.0 Å². The van der Waals surface area contributed by atoms with E-state index in [0.717, 1.165) is 10.9 Å². The number of ether oxygens (including phenoxy) is 2. The highest BCUT2D eigenvalue weighted by molar-refractivity contribution is 6.30. The van der Waals surface area contributed by atoms with E-state index in [4.69, 9.17) is 26.6 Å². The van der Waals surface area contributed by atoms with Crippen LogP contribution in [0.2, 0.25) is 5.15 Å². The first-order valence-electron chi connectivity index (χ1n) is 8.11. The van der Waals surface area contributed by atoms with Crippen molar-refractivity contribution in [1.29, 1.82) is 0 Å². The lowest BCUT2D eigenvalue weighted by atomic mass is 9.82. The molecule has 0 aliphatic heterocycles. The maximum atomic E-state index is 11.5. The van der Waals surface area contributed by atoms with Crippen LogP contribution in [0.3, 0.4) is 0 Å². The maximum Gasteiger partial charge on any atom is 0.308 e. The van der Waals surface area contributed by atoms with Gasteiger partial charge in [-0.2, -0.15) is 0 Å². The number of carbonyl (C=O) groups excluding carboxylic acids is 1. The first-order valence-corrected chi connectivity index (χ1v) is 8.49. The Kier molecular flexibility index (Phi) is 4.89. The van der Waals surface area contributed by atoms with Gasteiger partial charge in [0.15, 0.2) is 0 Å². The van der Waals surface area contributed by atoms with Crippen LogP contribution in [-0.4, -0.2) is 29.2 Å². The molecule has 8 nitrogen and oxygen atoms in total. The van der Waals surface area contributed by atoms with Crippen LogP contribution in [0.15, 0.2) is 23.6 Å². The molecule has 1 fully saturated rings. The zero-order valence-electron chi connectivity index (χ0n) is 14.6. The van der Waals surface area contributed by atoms with Crippen molar-refractivity contribution in [2.45, 2.75) is 38.3 Å². The Balaban J connectivity index is 1.94. The summed E-state index contributed by atoms with van der Waals surface area (Å²) in [5.41, 5.74) is 8.75. The maximum absolute atomic E-state index is 11.5. The number of fused-ring (bicyclic) bond motifs is 1. The number of nitrogens with zero attached hydrogens (tertiary/aromatic N) is 5. The normalized spacial score (nSPS) is 19.4. The van der Waals surface area contributed by atoms with Crippen molar-refractivity contribution in [3.8, 4) is 5.88 Å². The van der Waals surface area contributed by atoms with Crippen LogP contribution >= 0.6 is 11.6 Å². The number of azide groups is 1. The highest BCUT2D eigenvalue weighted by Gasteiger charge is 2.37. The summed E-state index contributed by atoms with van der Waals surface area (Å²) in [6.07, 6.45) is 4.28. The lowest BCUT2D eigenvalue weighted by molar-refractivity contribution is -0.151. The van der Waals surface area contributed by atoms with Gasteiger partial charge in [0.1, 0.15) is 11.3 Å². The molecule has 0 aromatic carbocycles. The van der Waals surface area contributed by atoms with Gasteiger partial charge in [-0.1, -0.05) is 30.6 Å². The Morgan fingerprint density at radius 3 is 2.73 bits per heavy atom. The third kappa shape index (κ3) is 3.38. The van der Waals surface area contributed by atoms with Gasteiger partial charge in [0.05, 0.1) is 24.0 Å². The average molecular weight is 376 g/mol. The van der Waals surface area contributed by atoms with E-state index in [1.54, 1.807) is 32.3 Å². The lowest BCUT2D eigenvalue weighted by Gasteiger charge is -2.33. The van der Waals surface area contributed by atoms with Gasteiger partial charge in [0, 0.05) is 17.3 Å². The van der Waals surface area contributed by atoms with E-state index in [2.05, 4.69) is 20.0 Å². The molecule has 1 aliphatic carbocycles. The number of aromatic nitrogens is 2. The monoisotopic (exact) mass is 375 g/mol. The smallest absolute Gasteiger partial charge is 0.308 e. The summed E-state index contributed by atoms with van der Waals surface area (Å²) in [5.74, 6) is 0.0625. The number of pyridine rings is 2. The fraction of sp³-hybridized carbons (Fsp3) is 0.471. The highest BCUT2D eigenvalue weighted by Crippen LogP contribution is 2.38. The molecule has 0 bridgehead atoms. The molecule has 0 saturated heterocycles. The molecule has 0 atom stereocenters. The predicted molar refractivity (Wildman–Crippen MR) is 95.9 cm³/mol. The summed E-state index contributed by atoms with van der Waals surface area (Å²) in [6, 6.07) is 1.70. The first-order chi connectivity index (χ1) is 12.4. The largest absolute Gasteiger partial charge is 0.474 e. The van der Waals surface area contributed by atoms with Gasteiger partial charge in [0.25, 0.3) is 0 Å². The Morgan fingerprint density at radius 1 is 1.35 bits per heavy atom. The number of esters is 1. The molecule has 0 radical (unpaired) electrons. The predicted octanol–water partition coefficient (Wildman–Crippen LogP) is 4.16. The zero-order chi connectivity index (χ0) is 18.9. The second-order valence-electron chi connectivity index (χ2n) is 6.71. The van der Waals surface area contributed by atoms with Crippen LogP contribution in [0.5, 0.6) is 5.88 Å². The fourth-order valence-electron chi connectivity index (χ4n) is 3.01. The van der Waals surface area contributed by atoms with Crippen molar-refractivity contribution in [2.24, 2.45) is 11.0 Å². The van der Waals surface area contributed by atoms with Crippen molar-refractivity contribution in [2.75, 3.05) is 7.11 Å². The lowest BCUT2D eigenvalue weighted by Crippen LogP contribution is -2.39. The first kappa shape index (κ1) is 18.2. The van der Waals surface area contributed by atoms with Crippen LogP contribution in [0.4, 0.5) is 0 Å². The summed E-state index contributed by atoms with van der Waals surface area (Å²) in [6.45, 7) is 3.59. The second kappa shape index (κ2) is 6.97. The molecular weight excluding hydrogens is 358 g/mol. The summed E-state index contributed by atoms with van der Waals surface area (Å²) in [7, 11) is 1.38. The minimum absolute atomic E-state index is 0.110. The van der Waals surface area contributed by atoms with Crippen molar-refractivity contribution in [1.82, 2.24) is 9.97 Å². The molecule has 9 heteroatoms. The van der Waals surface area contributed by atoms with Crippen molar-refractivity contribution >= 4 is 28.3 Å². The van der Waals surface area contributed by atoms with Crippen LogP contribution in [0.25, 0.3) is 21.2 Å². The van der Waals surface area contributed by atoms with Crippen LogP contribution in [0.1, 0.15) is 32.3 Å². The molecule has 26 heavy (non-hydrogen) atoms. The van der Waals surface area contributed by atoms with Gasteiger partial charge in [-0.25, -0.2) is 9.97 Å². The SMILES string of the molecule is COC(=O)C1CC(Oc2ncc(C(C)(C)N=[N+]=[N-])c3cc(Cl)ncc23)C1. The Hall–Kier alpha value is -2.57. The van der Waals surface area contributed by atoms with E-state index < -0.39 is 5.54 Å². The van der Waals surface area contributed by atoms with E-state index in [0.29, 0.717) is 29.3 Å². The standard InChI is InChI=1S/C17H18ClN5O3/c1-17(2,22-23-19)13-8-21-15(12-7-20-14(18)6-11(12)13)26-10-4-9(5-10)16(24)25-3/h6-10H,4-5H2,1-3H3. The minimum atomic E-state index is -0.810. The Labute approximate surface area is 155 Å². The molecule has 3 rings (SSSR count). The number of rotatable bonds is 5. The molecule has 0 N–H and O–H groups in total. The molecule has 0 amide bonds. The third-order valence-corrected chi connectivity index (χ3v) is 4.77. The van der Waals surface area contributed by atoms with E-state index in [9.17, 15) is 4.79 Å². The van der Waals surface area contributed by atoms with E-state index in [1.807, 2.05) is 0 Å². The number of halogens is 1. The van der Waals surface area contributed by atoms with Crippen molar-refractivity contribution < 1.29 is 14.3 Å². The molecule has 136 valence electrons. The average Bonchev–Trinajstić information content (AvgIpc) is 2.56. The Bertz CT molecular complexity index is 905. The molecule has 2 aromatic heterocycles. The summed E-state index contributed by atoms with van der Waals surface area (Å²) in [5, 5.41) is 5.61. The van der Waals surface area contributed by atoms with Crippen LogP contribution in [0, 0.1) is 5.92 Å². The topological polar surface area (TPSA) is 110 Å². The van der Waals surface area contributed by atoms with Crippen molar-refractivity contribution in [3.05, 3.63) is 39.6 Å². The zero-order valence-corrected chi connectivity index (χ0v) is 15.4. The van der Waals surface area contributed by atoms with Gasteiger partial charge >= 0.3 is 5.97 Å². The quantitative estimate of drug-likeness (QED) is 0.256. The Morgan fingerprint density at radius 2 is 2.08 bits per heavy atom. The molecule has 0 unspecified atom stereocenters. The summed E-state index contributed by atoms with van der Waals surface area (Å²) < 4.78 is 10.7. The van der Waals surface area contributed by atoms with Crippen LogP contribution < -0.4 is 4.74 Å². The van der Waals surface area contributed by atoms with Gasteiger partial charge in [-0.3, -0.25) is 4.79 Å². The second-order valence-corrected chi connectivity index (χ2v) is 7.10. The van der Waals surface area contributed by atoms with Gasteiger partial charge < -0.3 is 9.47 Å². The number of carbonyl (C=O) groups is 1. The summed E-state index contributed by atoms with van der Waals surface area (Å²) in [4.78, 5) is 22.9.